The second kappa shape index (κ2) is 33.0. The second-order valence-corrected chi connectivity index (χ2v) is 24.4. The van der Waals surface area contributed by atoms with Gasteiger partial charge >= 0.3 is 0 Å². The number of carbonyl (C=O) groups excluding carboxylic acids is 10. The normalized spacial score (nSPS) is 17.3. The average Bonchev–Trinajstić information content (AvgIpc) is 1.60. The highest BCUT2D eigenvalue weighted by molar-refractivity contribution is 5.99. The molecule has 0 radical (unpaired) electrons. The first kappa shape index (κ1) is 69.8. The lowest BCUT2D eigenvalue weighted by molar-refractivity contribution is -0.142. The molecule has 9 atom stereocenters. The number of amides is 10. The fourth-order valence-corrected chi connectivity index (χ4v) is 12.1. The van der Waals surface area contributed by atoms with Crippen LogP contribution in [-0.4, -0.2) is 193 Å². The van der Waals surface area contributed by atoms with Crippen LogP contribution in [0.25, 0.3) is 17.0 Å². The molecule has 10 amide bonds. The number of guanidine groups is 1. The van der Waals surface area contributed by atoms with Gasteiger partial charge < -0.3 is 89.0 Å². The SMILES string of the molecule is CCNC(=O)[C@@H]1CCCN1C(=O)[C@H](CCCN=C(N)N)NC(=O)[C@H](CC(C)C)NC(=O)[C@@H](Cc1c[nH]c2c1CCC=C2)NC(=O)[C@H](Cc1ccc(O)cc1)NC(=O)[C@H](CO)NC(=O)[C@H](Cc1c[nH]c2ccccc12)NC(=O)[C@H](Cc1cnc[nH]1)N(C)C(=O)[C@@H]1CCC(=O)N1. The van der Waals surface area contributed by atoms with Crippen LogP contribution in [0.4, 0.5) is 0 Å². The lowest BCUT2D eigenvalue weighted by atomic mass is 9.95. The highest BCUT2D eigenvalue weighted by Gasteiger charge is 2.41. The van der Waals surface area contributed by atoms with E-state index < -0.39 is 108 Å². The third kappa shape index (κ3) is 18.6. The molecule has 17 N–H and O–H groups in total. The maximum absolute atomic E-state index is 15.1. The molecule has 504 valence electrons. The van der Waals surface area contributed by atoms with Gasteiger partial charge in [0, 0.05) is 99.7 Å². The first-order chi connectivity index (χ1) is 45.1. The standard InChI is InChI=1S/C65H87N17O12/c1-5-69-61(91)53-17-11-25-82(53)64(94)46(16-10-24-70-65(66)67)75-56(86)48(26-36(2)3)76-58(88)50(28-38-31-71-44-14-8-6-12-42(38)44)78-57(87)49(27-37-18-20-41(84)21-19-37)77-60(90)52(34-83)80-59(89)51(29-39-32-72-45-15-9-7-13-43(39)45)79-62(92)54(30-40-33-68-35-73-40)81(4)63(93)47-22-23-55(85)74-47/h7-9,13-15,18-21,31-33,35-36,46-54,71-72,83-84H,5-6,10-12,16-17,22-30,34H2,1-4H3,(H,68,73)(H,69,91)(H,74,85)(H,75,86)(H,76,88)(H,77,90)(H,78,87)(H,79,92)(H,80,89)(H4,66,67,70)/t46-,47-,48-,49-,50+,51-,52-,53-,54-/m0/s1. The molecule has 0 spiro atoms. The number of hydrogen-bond donors (Lipinski definition) is 15. The zero-order valence-electron chi connectivity index (χ0n) is 53.3. The minimum atomic E-state index is -1.78. The third-order valence-electron chi connectivity index (χ3n) is 17.0. The molecule has 0 unspecified atom stereocenters. The lowest BCUT2D eigenvalue weighted by Gasteiger charge is -2.31. The van der Waals surface area contributed by atoms with Crippen LogP contribution >= 0.6 is 0 Å². The highest BCUT2D eigenvalue weighted by Crippen LogP contribution is 2.26. The number of rotatable bonds is 32. The van der Waals surface area contributed by atoms with Crippen molar-refractivity contribution in [2.45, 2.75) is 159 Å². The summed E-state index contributed by atoms with van der Waals surface area (Å²) < 4.78 is 0. The Kier molecular flexibility index (Phi) is 24.5. The van der Waals surface area contributed by atoms with Gasteiger partial charge in [0.15, 0.2) is 5.96 Å². The number of phenolic OH excluding ortho intramolecular Hbond substituents is 1. The number of nitrogens with zero attached hydrogens (tertiary/aromatic N) is 4. The summed E-state index contributed by atoms with van der Waals surface area (Å²) in [5, 5.41) is 43.9. The summed E-state index contributed by atoms with van der Waals surface area (Å²) in [6.07, 6.45) is 12.6. The van der Waals surface area contributed by atoms with Gasteiger partial charge in [-0.25, -0.2) is 4.98 Å². The smallest absolute Gasteiger partial charge is 0.245 e. The predicted octanol–water partition coefficient (Wildman–Crippen LogP) is -0.612. The van der Waals surface area contributed by atoms with E-state index in [2.05, 4.69) is 67.5 Å². The molecule has 0 bridgehead atoms. The lowest BCUT2D eigenvalue weighted by Crippen LogP contribution is -2.61. The number of aromatic amines is 3. The second-order valence-electron chi connectivity index (χ2n) is 24.4. The van der Waals surface area contributed by atoms with Crippen molar-refractivity contribution < 1.29 is 58.2 Å². The number of aliphatic hydroxyl groups excluding tert-OH is 1. The van der Waals surface area contributed by atoms with Crippen molar-refractivity contribution in [2.24, 2.45) is 22.4 Å². The number of nitrogens with one attached hydrogen (secondary N) is 11. The molecular weight excluding hydrogens is 1210 g/mol. The van der Waals surface area contributed by atoms with Gasteiger partial charge in [-0.2, -0.15) is 0 Å². The number of aliphatic hydroxyl groups is 1. The molecule has 1 aliphatic carbocycles. The van der Waals surface area contributed by atoms with Gasteiger partial charge in [-0.05, 0) is 111 Å². The Morgan fingerprint density at radius 2 is 1.39 bits per heavy atom. The molecule has 2 fully saturated rings. The Balaban J connectivity index is 1.06. The van der Waals surface area contributed by atoms with E-state index in [0.29, 0.717) is 60.0 Å². The van der Waals surface area contributed by atoms with Crippen LogP contribution in [0, 0.1) is 5.92 Å². The molecule has 2 aliphatic heterocycles. The monoisotopic (exact) mass is 1300 g/mol. The molecule has 94 heavy (non-hydrogen) atoms. The van der Waals surface area contributed by atoms with Gasteiger partial charge in [0.25, 0.3) is 0 Å². The number of aliphatic imine (C=N–C) groups is 1. The summed E-state index contributed by atoms with van der Waals surface area (Å²) >= 11 is 0. The van der Waals surface area contributed by atoms with E-state index in [-0.39, 0.29) is 100 Å². The van der Waals surface area contributed by atoms with Crippen molar-refractivity contribution in [2.75, 3.05) is 33.3 Å². The van der Waals surface area contributed by atoms with Crippen molar-refractivity contribution in [1.29, 1.82) is 0 Å². The molecule has 29 nitrogen and oxygen atoms in total. The van der Waals surface area contributed by atoms with Crippen LogP contribution in [0.5, 0.6) is 5.75 Å². The molecular formula is C65H87N17O12. The molecule has 3 aromatic heterocycles. The van der Waals surface area contributed by atoms with E-state index in [1.165, 1.54) is 53.6 Å². The number of likely N-dealkylation sites (N-methyl/N-ethyl adjacent to an activating group) is 2. The van der Waals surface area contributed by atoms with Crippen LogP contribution in [0.3, 0.4) is 0 Å². The van der Waals surface area contributed by atoms with E-state index in [9.17, 15) is 48.6 Å². The number of phenols is 1. The van der Waals surface area contributed by atoms with Gasteiger partial charge in [-0.1, -0.05) is 50.3 Å². The van der Waals surface area contributed by atoms with E-state index in [1.54, 1.807) is 25.4 Å². The fourth-order valence-electron chi connectivity index (χ4n) is 12.1. The van der Waals surface area contributed by atoms with Gasteiger partial charge in [0.2, 0.25) is 59.1 Å². The summed E-state index contributed by atoms with van der Waals surface area (Å²) in [6.45, 7) is 5.19. The summed E-state index contributed by atoms with van der Waals surface area (Å²) in [6, 6.07) is 1.40. The number of aromatic hydroxyl groups is 1. The molecule has 2 aromatic carbocycles. The molecule has 29 heteroatoms. The molecule has 5 aromatic rings. The minimum absolute atomic E-state index is 0.0734. The third-order valence-corrected chi connectivity index (χ3v) is 17.0. The summed E-state index contributed by atoms with van der Waals surface area (Å²) in [5.41, 5.74) is 15.8. The van der Waals surface area contributed by atoms with E-state index in [4.69, 9.17) is 11.5 Å². The zero-order valence-corrected chi connectivity index (χ0v) is 53.3. The number of H-pyrrole nitrogens is 3. The van der Waals surface area contributed by atoms with Crippen LogP contribution in [0.2, 0.25) is 0 Å². The zero-order chi connectivity index (χ0) is 67.6. The van der Waals surface area contributed by atoms with Crippen LogP contribution in [0.1, 0.15) is 106 Å². The topological polar surface area (TPSA) is 439 Å². The number of imidazole rings is 1. The van der Waals surface area contributed by atoms with Crippen molar-refractivity contribution in [3.05, 3.63) is 113 Å². The molecule has 2 saturated heterocycles. The van der Waals surface area contributed by atoms with Crippen molar-refractivity contribution in [3.8, 4) is 5.75 Å². The number of likely N-dealkylation sites (tertiary alicyclic amines) is 1. The van der Waals surface area contributed by atoms with Crippen LogP contribution < -0.4 is 54.0 Å². The Morgan fingerprint density at radius 3 is 2.05 bits per heavy atom. The largest absolute Gasteiger partial charge is 0.508 e. The van der Waals surface area contributed by atoms with Gasteiger partial charge in [0.05, 0.1) is 12.9 Å². The first-order valence-electron chi connectivity index (χ1n) is 31.9. The number of carbonyl (C=O) groups is 10. The average molecular weight is 1300 g/mol. The fraction of sp³-hybridized carbons (Fsp3) is 0.477. The highest BCUT2D eigenvalue weighted by atomic mass is 16.3. The maximum atomic E-state index is 15.1. The molecule has 5 heterocycles. The Morgan fingerprint density at radius 1 is 0.755 bits per heavy atom. The van der Waals surface area contributed by atoms with Crippen LogP contribution in [0.15, 0.2) is 84.5 Å². The summed E-state index contributed by atoms with van der Waals surface area (Å²) in [4.78, 5) is 163. The number of aromatic nitrogens is 4. The quantitative estimate of drug-likeness (QED) is 0.0145. The van der Waals surface area contributed by atoms with Gasteiger partial charge in [-0.3, -0.25) is 52.9 Å². The van der Waals surface area contributed by atoms with Crippen molar-refractivity contribution in [1.82, 2.24) is 72.3 Å². The van der Waals surface area contributed by atoms with Gasteiger partial charge in [0.1, 0.15) is 60.1 Å². The van der Waals surface area contributed by atoms with E-state index in [0.717, 1.165) is 16.8 Å². The number of benzene rings is 2. The minimum Gasteiger partial charge on any atom is -0.508 e. The number of para-hydroxylation sites is 1. The number of fused-ring (bicyclic) bond motifs is 2. The Bertz CT molecular complexity index is 3560. The van der Waals surface area contributed by atoms with Gasteiger partial charge in [-0.15, -0.1) is 0 Å². The number of nitrogens with two attached hydrogens (primary N) is 2. The summed E-state index contributed by atoms with van der Waals surface area (Å²) in [7, 11) is 1.41. The van der Waals surface area contributed by atoms with E-state index >= 15 is 9.59 Å². The Labute approximate surface area is 543 Å². The van der Waals surface area contributed by atoms with Crippen molar-refractivity contribution >= 4 is 82.0 Å². The van der Waals surface area contributed by atoms with Crippen LogP contribution in [-0.2, 0) is 80.0 Å². The van der Waals surface area contributed by atoms with E-state index in [1.807, 2.05) is 44.2 Å². The number of allylic oxidation sites excluding steroid dienone is 1. The Hall–Kier alpha value is -10.1. The number of hydrogen-bond acceptors (Lipinski definition) is 14. The summed E-state index contributed by atoms with van der Waals surface area (Å²) in [5.74, 6) is -7.33. The maximum Gasteiger partial charge on any atom is 0.245 e. The first-order valence-corrected chi connectivity index (χ1v) is 31.9. The molecule has 0 saturated carbocycles. The molecule has 3 aliphatic rings. The van der Waals surface area contributed by atoms with Crippen molar-refractivity contribution in [3.63, 3.8) is 0 Å². The predicted molar refractivity (Wildman–Crippen MR) is 347 cm³/mol. The molecule has 8 rings (SSSR count).